The van der Waals surface area contributed by atoms with Crippen molar-refractivity contribution in [2.75, 3.05) is 51.5 Å². The summed E-state index contributed by atoms with van der Waals surface area (Å²) in [6.45, 7) is 4.83. The molecule has 7 nitrogen and oxygen atoms in total. The number of nitrogens with one attached hydrogen (secondary N) is 2. The Morgan fingerprint density at radius 3 is 2.77 bits per heavy atom. The summed E-state index contributed by atoms with van der Waals surface area (Å²) in [5.41, 5.74) is 1.92. The van der Waals surface area contributed by atoms with Crippen molar-refractivity contribution in [2.24, 2.45) is 5.92 Å². The maximum Gasteiger partial charge on any atom is 0.179 e. The predicted molar refractivity (Wildman–Crippen MR) is 104 cm³/mol. The number of ether oxygens (including phenoxy) is 2. The molecule has 0 radical (unpaired) electrons. The standard InChI is InChI=1S/C19H27N5O2/c1-13-7-15(20-2)8-19(22-13)23-18-9-16(17(25-4)10-21-18)26-12-14-5-6-24(3)11-14/h7-10,14H,5-6,11-12H2,1-4H3,(H2,20,21,22,23). The van der Waals surface area contributed by atoms with Crippen LogP contribution in [0.2, 0.25) is 0 Å². The Morgan fingerprint density at radius 2 is 2.08 bits per heavy atom. The maximum atomic E-state index is 6.04. The van der Waals surface area contributed by atoms with E-state index in [1.54, 1.807) is 13.3 Å². The second-order valence-electron chi connectivity index (χ2n) is 6.71. The first-order chi connectivity index (χ1) is 12.6. The van der Waals surface area contributed by atoms with Gasteiger partial charge in [0.1, 0.15) is 11.6 Å². The third-order valence-electron chi connectivity index (χ3n) is 4.51. The van der Waals surface area contributed by atoms with Crippen LogP contribution in [-0.2, 0) is 0 Å². The van der Waals surface area contributed by atoms with Crippen LogP contribution in [0.4, 0.5) is 17.3 Å². The number of aromatic nitrogens is 2. The third kappa shape index (κ3) is 4.54. The van der Waals surface area contributed by atoms with Gasteiger partial charge in [0.15, 0.2) is 11.5 Å². The molecular weight excluding hydrogens is 330 g/mol. The molecule has 2 aromatic heterocycles. The quantitative estimate of drug-likeness (QED) is 0.789. The summed E-state index contributed by atoms with van der Waals surface area (Å²) in [4.78, 5) is 11.2. The first-order valence-electron chi connectivity index (χ1n) is 8.86. The van der Waals surface area contributed by atoms with Crippen LogP contribution in [0.5, 0.6) is 11.5 Å². The topological polar surface area (TPSA) is 71.5 Å². The molecule has 1 aliphatic rings. The molecule has 0 saturated carbocycles. The minimum atomic E-state index is 0.547. The molecule has 3 heterocycles. The van der Waals surface area contributed by atoms with Crippen molar-refractivity contribution in [3.05, 3.63) is 30.1 Å². The van der Waals surface area contributed by atoms with E-state index >= 15 is 0 Å². The summed E-state index contributed by atoms with van der Waals surface area (Å²) >= 11 is 0. The number of anilines is 3. The van der Waals surface area contributed by atoms with Gasteiger partial charge in [-0.05, 0) is 33.0 Å². The average Bonchev–Trinajstić information content (AvgIpc) is 3.05. The van der Waals surface area contributed by atoms with Crippen LogP contribution >= 0.6 is 0 Å². The summed E-state index contributed by atoms with van der Waals surface area (Å²) < 4.78 is 11.4. The molecule has 140 valence electrons. The van der Waals surface area contributed by atoms with Gasteiger partial charge in [0.25, 0.3) is 0 Å². The van der Waals surface area contributed by atoms with Gasteiger partial charge in [-0.1, -0.05) is 0 Å². The summed E-state index contributed by atoms with van der Waals surface area (Å²) in [7, 11) is 5.65. The maximum absolute atomic E-state index is 6.04. The van der Waals surface area contributed by atoms with E-state index in [1.165, 1.54) is 0 Å². The Labute approximate surface area is 154 Å². The van der Waals surface area contributed by atoms with E-state index in [9.17, 15) is 0 Å². The molecule has 1 saturated heterocycles. The fourth-order valence-electron chi connectivity index (χ4n) is 3.14. The van der Waals surface area contributed by atoms with Crippen LogP contribution in [0, 0.1) is 12.8 Å². The summed E-state index contributed by atoms with van der Waals surface area (Å²) in [6, 6.07) is 5.79. The highest BCUT2D eigenvalue weighted by molar-refractivity contribution is 5.61. The van der Waals surface area contributed by atoms with Gasteiger partial charge >= 0.3 is 0 Å². The van der Waals surface area contributed by atoms with Gasteiger partial charge in [-0.2, -0.15) is 0 Å². The van der Waals surface area contributed by atoms with Crippen LogP contribution in [-0.4, -0.2) is 55.8 Å². The van der Waals surface area contributed by atoms with Gasteiger partial charge in [-0.25, -0.2) is 9.97 Å². The molecule has 1 atom stereocenters. The smallest absolute Gasteiger partial charge is 0.179 e. The van der Waals surface area contributed by atoms with Crippen LogP contribution in [0.1, 0.15) is 12.1 Å². The third-order valence-corrected chi connectivity index (χ3v) is 4.51. The van der Waals surface area contributed by atoms with E-state index < -0.39 is 0 Å². The number of methoxy groups -OCH3 is 1. The van der Waals surface area contributed by atoms with Crippen LogP contribution in [0.15, 0.2) is 24.4 Å². The molecule has 2 N–H and O–H groups in total. The number of likely N-dealkylation sites (tertiary alicyclic amines) is 1. The SMILES string of the molecule is CNc1cc(C)nc(Nc2cc(OCC3CCN(C)C3)c(OC)cn2)c1. The number of aryl methyl sites for hydroxylation is 1. The van der Waals surface area contributed by atoms with Crippen molar-refractivity contribution < 1.29 is 9.47 Å². The number of hydrogen-bond donors (Lipinski definition) is 2. The van der Waals surface area contributed by atoms with Crippen molar-refractivity contribution in [3.8, 4) is 11.5 Å². The minimum absolute atomic E-state index is 0.547. The normalized spacial score (nSPS) is 17.2. The highest BCUT2D eigenvalue weighted by Gasteiger charge is 2.20. The van der Waals surface area contributed by atoms with E-state index in [2.05, 4.69) is 32.5 Å². The number of hydrogen-bond acceptors (Lipinski definition) is 7. The highest BCUT2D eigenvalue weighted by atomic mass is 16.5. The Bertz CT molecular complexity index is 753. The second kappa shape index (κ2) is 8.23. The van der Waals surface area contributed by atoms with Gasteiger partial charge in [0.05, 0.1) is 19.9 Å². The van der Waals surface area contributed by atoms with E-state index in [4.69, 9.17) is 9.47 Å². The zero-order chi connectivity index (χ0) is 18.5. The monoisotopic (exact) mass is 357 g/mol. The lowest BCUT2D eigenvalue weighted by Gasteiger charge is -2.15. The fraction of sp³-hybridized carbons (Fsp3) is 0.474. The molecular formula is C19H27N5O2. The molecule has 1 aliphatic heterocycles. The van der Waals surface area contributed by atoms with Crippen molar-refractivity contribution in [2.45, 2.75) is 13.3 Å². The van der Waals surface area contributed by atoms with Crippen molar-refractivity contribution in [1.29, 1.82) is 0 Å². The van der Waals surface area contributed by atoms with Crippen LogP contribution in [0.25, 0.3) is 0 Å². The number of nitrogens with zero attached hydrogens (tertiary/aromatic N) is 3. The zero-order valence-electron chi connectivity index (χ0n) is 15.9. The molecule has 3 rings (SSSR count). The van der Waals surface area contributed by atoms with Crippen molar-refractivity contribution >= 4 is 17.3 Å². The Kier molecular flexibility index (Phi) is 5.78. The Hall–Kier alpha value is -2.54. The lowest BCUT2D eigenvalue weighted by atomic mass is 10.1. The molecule has 0 aliphatic carbocycles. The average molecular weight is 357 g/mol. The second-order valence-corrected chi connectivity index (χ2v) is 6.71. The Balaban J connectivity index is 1.73. The zero-order valence-corrected chi connectivity index (χ0v) is 15.9. The van der Waals surface area contributed by atoms with Gasteiger partial charge in [-0.15, -0.1) is 0 Å². The summed E-state index contributed by atoms with van der Waals surface area (Å²) in [5.74, 6) is 3.28. The lowest BCUT2D eigenvalue weighted by molar-refractivity contribution is 0.238. The van der Waals surface area contributed by atoms with Crippen LogP contribution in [0.3, 0.4) is 0 Å². The van der Waals surface area contributed by atoms with Crippen LogP contribution < -0.4 is 20.1 Å². The van der Waals surface area contributed by atoms with E-state index in [-0.39, 0.29) is 0 Å². The Morgan fingerprint density at radius 1 is 1.23 bits per heavy atom. The van der Waals surface area contributed by atoms with Gasteiger partial charge in [-0.3, -0.25) is 0 Å². The predicted octanol–water partition coefficient (Wildman–Crippen LogP) is 2.91. The molecule has 1 unspecified atom stereocenters. The summed E-state index contributed by atoms with van der Waals surface area (Å²) in [6.07, 6.45) is 2.84. The van der Waals surface area contributed by atoms with E-state index in [1.807, 2.05) is 32.2 Å². The number of rotatable bonds is 7. The van der Waals surface area contributed by atoms with Crippen molar-refractivity contribution in [1.82, 2.24) is 14.9 Å². The molecule has 2 aromatic rings. The molecule has 0 amide bonds. The van der Waals surface area contributed by atoms with E-state index in [0.717, 1.165) is 36.7 Å². The van der Waals surface area contributed by atoms with Gasteiger partial charge < -0.3 is 25.0 Å². The minimum Gasteiger partial charge on any atom is -0.491 e. The van der Waals surface area contributed by atoms with Crippen molar-refractivity contribution in [3.63, 3.8) is 0 Å². The molecule has 7 heteroatoms. The lowest BCUT2D eigenvalue weighted by Crippen LogP contribution is -2.18. The molecule has 0 spiro atoms. The van der Waals surface area contributed by atoms with Gasteiger partial charge in [0.2, 0.25) is 0 Å². The molecule has 26 heavy (non-hydrogen) atoms. The summed E-state index contributed by atoms with van der Waals surface area (Å²) in [5, 5.41) is 6.37. The molecule has 1 fully saturated rings. The van der Waals surface area contributed by atoms with E-state index in [0.29, 0.717) is 29.8 Å². The highest BCUT2D eigenvalue weighted by Crippen LogP contribution is 2.30. The molecule has 0 aromatic carbocycles. The molecule has 0 bridgehead atoms. The largest absolute Gasteiger partial charge is 0.491 e. The van der Waals surface area contributed by atoms with Gasteiger partial charge in [0, 0.05) is 43.0 Å². The number of pyridine rings is 2. The fourth-order valence-corrected chi connectivity index (χ4v) is 3.14. The first kappa shape index (κ1) is 18.3. The first-order valence-corrected chi connectivity index (χ1v) is 8.86.